The minimum absolute atomic E-state index is 0.173. The highest BCUT2D eigenvalue weighted by Crippen LogP contribution is 2.39. The number of amides is 1. The lowest BCUT2D eigenvalue weighted by atomic mass is 10.2. The van der Waals surface area contributed by atoms with Gasteiger partial charge in [0.15, 0.2) is 11.5 Å². The van der Waals surface area contributed by atoms with Crippen LogP contribution in [-0.4, -0.2) is 32.2 Å². The van der Waals surface area contributed by atoms with Crippen molar-refractivity contribution in [1.82, 2.24) is 4.98 Å². The molecule has 22 heavy (non-hydrogen) atoms. The monoisotopic (exact) mass is 302 g/mol. The summed E-state index contributed by atoms with van der Waals surface area (Å²) in [5.41, 5.74) is 1.27. The molecule has 0 saturated carbocycles. The Morgan fingerprint density at radius 3 is 2.27 bits per heavy atom. The molecule has 0 atom stereocenters. The van der Waals surface area contributed by atoms with Gasteiger partial charge in [0.25, 0.3) is 0 Å². The molecule has 1 aromatic carbocycles. The molecule has 0 aliphatic carbocycles. The molecule has 1 amide bonds. The highest BCUT2D eigenvalue weighted by atomic mass is 16.5. The maximum atomic E-state index is 12.1. The van der Waals surface area contributed by atoms with E-state index in [1.807, 2.05) is 6.07 Å². The summed E-state index contributed by atoms with van der Waals surface area (Å²) in [6.07, 6.45) is 1.85. The summed E-state index contributed by atoms with van der Waals surface area (Å²) in [5, 5.41) is 2.80. The molecule has 2 aromatic rings. The van der Waals surface area contributed by atoms with Crippen LogP contribution in [0.1, 0.15) is 5.69 Å². The van der Waals surface area contributed by atoms with E-state index in [1.165, 1.54) is 21.3 Å². The van der Waals surface area contributed by atoms with Gasteiger partial charge in [0.1, 0.15) is 0 Å². The Kier molecular flexibility index (Phi) is 5.19. The molecule has 6 heteroatoms. The maximum Gasteiger partial charge on any atom is 0.230 e. The van der Waals surface area contributed by atoms with Gasteiger partial charge in [-0.05, 0) is 12.1 Å². The number of aromatic nitrogens is 1. The number of nitrogens with one attached hydrogen (secondary N) is 1. The second-order valence-electron chi connectivity index (χ2n) is 4.46. The fraction of sp³-hybridized carbons (Fsp3) is 0.250. The van der Waals surface area contributed by atoms with Crippen LogP contribution in [0.5, 0.6) is 17.2 Å². The topological polar surface area (TPSA) is 69.7 Å². The standard InChI is InChI=1S/C16H18N2O4/c1-20-13-8-12(9-14(21-2)16(13)22-3)18-15(19)10-11-6-4-5-7-17-11/h4-9H,10H2,1-3H3,(H,18,19). The lowest BCUT2D eigenvalue weighted by Crippen LogP contribution is -2.15. The van der Waals surface area contributed by atoms with Crippen molar-refractivity contribution in [2.45, 2.75) is 6.42 Å². The second-order valence-corrected chi connectivity index (χ2v) is 4.46. The number of carbonyl (C=O) groups excluding carboxylic acids is 1. The highest BCUT2D eigenvalue weighted by molar-refractivity contribution is 5.92. The molecule has 0 unspecified atom stereocenters. The highest BCUT2D eigenvalue weighted by Gasteiger charge is 2.14. The number of rotatable bonds is 6. The van der Waals surface area contributed by atoms with Gasteiger partial charge in [0.2, 0.25) is 11.7 Å². The second kappa shape index (κ2) is 7.31. The van der Waals surface area contributed by atoms with Crippen molar-refractivity contribution in [2.75, 3.05) is 26.6 Å². The Morgan fingerprint density at radius 2 is 1.77 bits per heavy atom. The van der Waals surface area contributed by atoms with Crippen LogP contribution in [0.4, 0.5) is 5.69 Å². The van der Waals surface area contributed by atoms with Gasteiger partial charge in [0.05, 0.1) is 27.8 Å². The van der Waals surface area contributed by atoms with Crippen LogP contribution in [0.3, 0.4) is 0 Å². The van der Waals surface area contributed by atoms with Gasteiger partial charge in [-0.1, -0.05) is 6.07 Å². The molecule has 0 saturated heterocycles. The summed E-state index contributed by atoms with van der Waals surface area (Å²) in [5.74, 6) is 1.27. The molecule has 0 bridgehead atoms. The van der Waals surface area contributed by atoms with Crippen LogP contribution in [0, 0.1) is 0 Å². The zero-order valence-electron chi connectivity index (χ0n) is 12.8. The number of hydrogen-bond acceptors (Lipinski definition) is 5. The van der Waals surface area contributed by atoms with Crippen molar-refractivity contribution < 1.29 is 19.0 Å². The van der Waals surface area contributed by atoms with Crippen molar-refractivity contribution in [1.29, 1.82) is 0 Å². The fourth-order valence-electron chi connectivity index (χ4n) is 2.03. The molecule has 1 heterocycles. The Labute approximate surface area is 129 Å². The zero-order chi connectivity index (χ0) is 15.9. The van der Waals surface area contributed by atoms with Crippen LogP contribution >= 0.6 is 0 Å². The van der Waals surface area contributed by atoms with Crippen LogP contribution in [-0.2, 0) is 11.2 Å². The molecular formula is C16H18N2O4. The molecule has 2 rings (SSSR count). The van der Waals surface area contributed by atoms with Gasteiger partial charge in [-0.15, -0.1) is 0 Å². The first-order valence-corrected chi connectivity index (χ1v) is 6.67. The summed E-state index contributed by atoms with van der Waals surface area (Å²) < 4.78 is 15.7. The molecule has 0 aliphatic heterocycles. The first-order valence-electron chi connectivity index (χ1n) is 6.67. The number of pyridine rings is 1. The van der Waals surface area contributed by atoms with E-state index in [2.05, 4.69) is 10.3 Å². The van der Waals surface area contributed by atoms with Gasteiger partial charge in [-0.3, -0.25) is 9.78 Å². The number of ether oxygens (including phenoxy) is 3. The normalized spacial score (nSPS) is 9.95. The molecule has 1 N–H and O–H groups in total. The molecule has 0 spiro atoms. The van der Waals surface area contributed by atoms with E-state index in [4.69, 9.17) is 14.2 Å². The van der Waals surface area contributed by atoms with Gasteiger partial charge in [-0.25, -0.2) is 0 Å². The predicted molar refractivity (Wildman–Crippen MR) is 82.7 cm³/mol. The number of carbonyl (C=O) groups is 1. The minimum atomic E-state index is -0.173. The molecule has 1 aromatic heterocycles. The fourth-order valence-corrected chi connectivity index (χ4v) is 2.03. The largest absolute Gasteiger partial charge is 0.493 e. The minimum Gasteiger partial charge on any atom is -0.493 e. The van der Waals surface area contributed by atoms with Crippen LogP contribution in [0.2, 0.25) is 0 Å². The first kappa shape index (κ1) is 15.6. The third kappa shape index (κ3) is 3.66. The van der Waals surface area contributed by atoms with Crippen molar-refractivity contribution in [2.24, 2.45) is 0 Å². The molecule has 0 aliphatic rings. The van der Waals surface area contributed by atoms with Gasteiger partial charge in [-0.2, -0.15) is 0 Å². The van der Waals surface area contributed by atoms with Crippen LogP contribution < -0.4 is 19.5 Å². The average molecular weight is 302 g/mol. The average Bonchev–Trinajstić information content (AvgIpc) is 2.54. The van der Waals surface area contributed by atoms with E-state index in [0.717, 1.165) is 0 Å². The third-order valence-corrected chi connectivity index (χ3v) is 3.02. The Balaban J connectivity index is 2.17. The number of anilines is 1. The molecule has 6 nitrogen and oxygen atoms in total. The molecule has 116 valence electrons. The zero-order valence-corrected chi connectivity index (χ0v) is 12.8. The van der Waals surface area contributed by atoms with Crippen molar-refractivity contribution >= 4 is 11.6 Å². The molecular weight excluding hydrogens is 284 g/mol. The SMILES string of the molecule is COc1cc(NC(=O)Cc2ccccn2)cc(OC)c1OC. The van der Waals surface area contributed by atoms with Crippen molar-refractivity contribution in [3.8, 4) is 17.2 Å². The smallest absolute Gasteiger partial charge is 0.230 e. The van der Waals surface area contributed by atoms with Gasteiger partial charge < -0.3 is 19.5 Å². The van der Waals surface area contributed by atoms with Crippen molar-refractivity contribution in [3.63, 3.8) is 0 Å². The first-order chi connectivity index (χ1) is 10.7. The quantitative estimate of drug-likeness (QED) is 0.886. The van der Waals surface area contributed by atoms with E-state index in [-0.39, 0.29) is 12.3 Å². The lowest BCUT2D eigenvalue weighted by Gasteiger charge is -2.14. The lowest BCUT2D eigenvalue weighted by molar-refractivity contribution is -0.115. The Bertz CT molecular complexity index is 619. The Morgan fingerprint density at radius 1 is 1.09 bits per heavy atom. The summed E-state index contributed by atoms with van der Waals surface area (Å²) >= 11 is 0. The molecule has 0 radical (unpaired) electrons. The van der Waals surface area contributed by atoms with E-state index in [1.54, 1.807) is 30.5 Å². The third-order valence-electron chi connectivity index (χ3n) is 3.02. The number of nitrogens with zero attached hydrogens (tertiary/aromatic N) is 1. The number of benzene rings is 1. The molecule has 0 fully saturated rings. The number of hydrogen-bond donors (Lipinski definition) is 1. The Hall–Kier alpha value is -2.76. The van der Waals surface area contributed by atoms with Crippen molar-refractivity contribution in [3.05, 3.63) is 42.2 Å². The van der Waals surface area contributed by atoms with E-state index in [0.29, 0.717) is 28.6 Å². The number of methoxy groups -OCH3 is 3. The predicted octanol–water partition coefficient (Wildman–Crippen LogP) is 2.29. The summed E-state index contributed by atoms with van der Waals surface area (Å²) in [7, 11) is 4.58. The van der Waals surface area contributed by atoms with E-state index in [9.17, 15) is 4.79 Å². The van der Waals surface area contributed by atoms with Crippen LogP contribution in [0.25, 0.3) is 0 Å². The summed E-state index contributed by atoms with van der Waals surface area (Å²) in [4.78, 5) is 16.2. The van der Waals surface area contributed by atoms with Gasteiger partial charge >= 0.3 is 0 Å². The van der Waals surface area contributed by atoms with Gasteiger partial charge in [0, 0.05) is 29.7 Å². The summed E-state index contributed by atoms with van der Waals surface area (Å²) in [6, 6.07) is 8.81. The van der Waals surface area contributed by atoms with E-state index < -0.39 is 0 Å². The maximum absolute atomic E-state index is 12.1. The summed E-state index contributed by atoms with van der Waals surface area (Å²) in [6.45, 7) is 0. The van der Waals surface area contributed by atoms with Crippen LogP contribution in [0.15, 0.2) is 36.5 Å². The van der Waals surface area contributed by atoms with E-state index >= 15 is 0 Å².